The van der Waals surface area contributed by atoms with Gasteiger partial charge in [0.15, 0.2) is 0 Å². The first kappa shape index (κ1) is 13.5. The van der Waals surface area contributed by atoms with E-state index in [-0.39, 0.29) is 6.03 Å². The number of carboxylic acid groups (broad SMARTS) is 1. The molecule has 0 saturated heterocycles. The van der Waals surface area contributed by atoms with E-state index in [2.05, 4.69) is 5.32 Å². The molecule has 1 aromatic rings. The monoisotopic (exact) mass is 256 g/mol. The maximum atomic E-state index is 11.7. The van der Waals surface area contributed by atoms with Crippen LogP contribution in [-0.2, 0) is 11.3 Å². The second-order valence-corrected chi connectivity index (χ2v) is 4.52. The molecule has 5 nitrogen and oxygen atoms in total. The summed E-state index contributed by atoms with van der Waals surface area (Å²) in [7, 11) is 1.64. The molecule has 0 aliphatic heterocycles. The van der Waals surface area contributed by atoms with Gasteiger partial charge in [-0.15, -0.1) is 0 Å². The molecule has 0 aliphatic carbocycles. The first-order valence-electron chi connectivity index (χ1n) is 5.30. The maximum absolute atomic E-state index is 11.7. The molecule has 0 aliphatic rings. The lowest BCUT2D eigenvalue weighted by atomic mass is 10.2. The van der Waals surface area contributed by atoms with E-state index >= 15 is 0 Å². The average molecular weight is 256 g/mol. The van der Waals surface area contributed by atoms with E-state index < -0.39 is 12.0 Å². The molecule has 1 heterocycles. The Balaban J connectivity index is 2.49. The number of urea groups is 1. The molecule has 1 atom stereocenters. The number of rotatable bonds is 5. The van der Waals surface area contributed by atoms with Crippen molar-refractivity contribution < 1.29 is 14.7 Å². The zero-order valence-electron chi connectivity index (χ0n) is 9.84. The summed E-state index contributed by atoms with van der Waals surface area (Å²) in [6, 6.07) is 0.737. The van der Waals surface area contributed by atoms with Crippen molar-refractivity contribution in [1.82, 2.24) is 10.2 Å². The van der Waals surface area contributed by atoms with Crippen molar-refractivity contribution in [2.45, 2.75) is 25.9 Å². The molecule has 0 saturated carbocycles. The van der Waals surface area contributed by atoms with Crippen molar-refractivity contribution in [2.24, 2.45) is 0 Å². The van der Waals surface area contributed by atoms with Crippen molar-refractivity contribution >= 4 is 23.3 Å². The molecule has 0 bridgehead atoms. The van der Waals surface area contributed by atoms with E-state index in [1.165, 1.54) is 4.90 Å². The normalized spacial score (nSPS) is 11.9. The van der Waals surface area contributed by atoms with Gasteiger partial charge in [-0.3, -0.25) is 0 Å². The number of amides is 2. The molecule has 0 aromatic carbocycles. The number of thiophene rings is 1. The molecule has 1 aromatic heterocycles. The molecular formula is C11H16N2O3S. The van der Waals surface area contributed by atoms with Crippen LogP contribution in [0.25, 0.3) is 0 Å². The molecule has 6 heteroatoms. The van der Waals surface area contributed by atoms with E-state index in [9.17, 15) is 9.59 Å². The van der Waals surface area contributed by atoms with Crippen LogP contribution in [0.3, 0.4) is 0 Å². The summed E-state index contributed by atoms with van der Waals surface area (Å²) in [5.74, 6) is -1.01. The van der Waals surface area contributed by atoms with Crippen LogP contribution in [0.1, 0.15) is 18.9 Å². The van der Waals surface area contributed by atoms with E-state index in [0.29, 0.717) is 13.0 Å². The van der Waals surface area contributed by atoms with Gasteiger partial charge in [-0.1, -0.05) is 6.92 Å². The molecule has 94 valence electrons. The molecule has 2 N–H and O–H groups in total. The second kappa shape index (κ2) is 6.24. The molecule has 0 unspecified atom stereocenters. The topological polar surface area (TPSA) is 69.6 Å². The Morgan fingerprint density at radius 3 is 2.76 bits per heavy atom. The quantitative estimate of drug-likeness (QED) is 0.843. The molecule has 0 spiro atoms. The van der Waals surface area contributed by atoms with E-state index in [0.717, 1.165) is 5.56 Å². The van der Waals surface area contributed by atoms with Gasteiger partial charge in [0.25, 0.3) is 0 Å². The molecular weight excluding hydrogens is 240 g/mol. The summed E-state index contributed by atoms with van der Waals surface area (Å²) in [5.41, 5.74) is 1.04. The van der Waals surface area contributed by atoms with Crippen LogP contribution in [0.4, 0.5) is 4.79 Å². The fourth-order valence-electron chi connectivity index (χ4n) is 1.33. The number of carboxylic acids is 1. The van der Waals surface area contributed by atoms with Crippen LogP contribution in [0.5, 0.6) is 0 Å². The Hall–Kier alpha value is -1.56. The number of nitrogens with one attached hydrogen (secondary N) is 1. The van der Waals surface area contributed by atoms with Gasteiger partial charge in [0.1, 0.15) is 6.04 Å². The van der Waals surface area contributed by atoms with Gasteiger partial charge in [-0.05, 0) is 28.8 Å². The van der Waals surface area contributed by atoms with Crippen LogP contribution < -0.4 is 5.32 Å². The highest BCUT2D eigenvalue weighted by atomic mass is 32.1. The van der Waals surface area contributed by atoms with Gasteiger partial charge in [-0.2, -0.15) is 11.3 Å². The fourth-order valence-corrected chi connectivity index (χ4v) is 1.99. The Bertz CT molecular complexity index is 378. The lowest BCUT2D eigenvalue weighted by molar-refractivity contribution is -0.139. The lowest BCUT2D eigenvalue weighted by Crippen LogP contribution is -2.46. The highest BCUT2D eigenvalue weighted by Crippen LogP contribution is 2.08. The predicted octanol–water partition coefficient (Wildman–Crippen LogP) is 1.75. The van der Waals surface area contributed by atoms with Gasteiger partial charge >= 0.3 is 12.0 Å². The number of carbonyl (C=O) groups is 2. The summed E-state index contributed by atoms with van der Waals surface area (Å²) < 4.78 is 0. The summed E-state index contributed by atoms with van der Waals surface area (Å²) in [4.78, 5) is 23.9. The third-order valence-corrected chi connectivity index (χ3v) is 3.08. The van der Waals surface area contributed by atoms with Crippen molar-refractivity contribution in [2.75, 3.05) is 7.05 Å². The molecule has 0 radical (unpaired) electrons. The number of hydrogen-bond acceptors (Lipinski definition) is 3. The number of hydrogen-bond donors (Lipinski definition) is 2. The van der Waals surface area contributed by atoms with Crippen LogP contribution in [0, 0.1) is 0 Å². The van der Waals surface area contributed by atoms with Gasteiger partial charge in [0.2, 0.25) is 0 Å². The SMILES string of the molecule is CC[C@@H](NC(=O)N(C)Cc1ccsc1)C(=O)O. The molecule has 2 amide bonds. The zero-order valence-corrected chi connectivity index (χ0v) is 10.7. The van der Waals surface area contributed by atoms with E-state index in [1.54, 1.807) is 25.3 Å². The third kappa shape index (κ3) is 4.07. The molecule has 0 fully saturated rings. The highest BCUT2D eigenvalue weighted by molar-refractivity contribution is 7.07. The van der Waals surface area contributed by atoms with E-state index in [4.69, 9.17) is 5.11 Å². The maximum Gasteiger partial charge on any atom is 0.326 e. The summed E-state index contributed by atoms with van der Waals surface area (Å²) >= 11 is 1.56. The zero-order chi connectivity index (χ0) is 12.8. The standard InChI is InChI=1S/C11H16N2O3S/c1-3-9(10(14)15)12-11(16)13(2)6-8-4-5-17-7-8/h4-5,7,9H,3,6H2,1-2H3,(H,12,16)(H,14,15)/t9-/m1/s1. The number of carbonyl (C=O) groups excluding carboxylic acids is 1. The van der Waals surface area contributed by atoms with Crippen LogP contribution in [0.2, 0.25) is 0 Å². The van der Waals surface area contributed by atoms with Crippen molar-refractivity contribution in [3.05, 3.63) is 22.4 Å². The van der Waals surface area contributed by atoms with Crippen molar-refractivity contribution in [3.8, 4) is 0 Å². The van der Waals surface area contributed by atoms with Gasteiger partial charge in [0.05, 0.1) is 0 Å². The predicted molar refractivity (Wildman–Crippen MR) is 66.0 cm³/mol. The fraction of sp³-hybridized carbons (Fsp3) is 0.455. The smallest absolute Gasteiger partial charge is 0.326 e. The Morgan fingerprint density at radius 2 is 2.29 bits per heavy atom. The van der Waals surface area contributed by atoms with Crippen molar-refractivity contribution in [1.29, 1.82) is 0 Å². The van der Waals surface area contributed by atoms with Gasteiger partial charge in [0, 0.05) is 13.6 Å². The summed E-state index contributed by atoms with van der Waals surface area (Å²) in [6.45, 7) is 2.20. The summed E-state index contributed by atoms with van der Waals surface area (Å²) in [6.07, 6.45) is 0.368. The molecule has 17 heavy (non-hydrogen) atoms. The highest BCUT2D eigenvalue weighted by Gasteiger charge is 2.19. The minimum atomic E-state index is -1.01. The lowest BCUT2D eigenvalue weighted by Gasteiger charge is -2.20. The minimum absolute atomic E-state index is 0.368. The number of aliphatic carboxylic acids is 1. The summed E-state index contributed by atoms with van der Waals surface area (Å²) in [5, 5.41) is 15.2. The Morgan fingerprint density at radius 1 is 1.59 bits per heavy atom. The number of nitrogens with zero attached hydrogens (tertiary/aromatic N) is 1. The van der Waals surface area contributed by atoms with E-state index in [1.807, 2.05) is 16.8 Å². The van der Waals surface area contributed by atoms with Gasteiger partial charge in [-0.25, -0.2) is 9.59 Å². The molecule has 1 rings (SSSR count). The van der Waals surface area contributed by atoms with Crippen LogP contribution >= 0.6 is 11.3 Å². The minimum Gasteiger partial charge on any atom is -0.480 e. The third-order valence-electron chi connectivity index (χ3n) is 2.35. The van der Waals surface area contributed by atoms with Gasteiger partial charge < -0.3 is 15.3 Å². The van der Waals surface area contributed by atoms with Crippen LogP contribution in [0.15, 0.2) is 16.8 Å². The largest absolute Gasteiger partial charge is 0.480 e. The second-order valence-electron chi connectivity index (χ2n) is 3.74. The Kier molecular flexibility index (Phi) is 4.96. The Labute approximate surface area is 104 Å². The van der Waals surface area contributed by atoms with Crippen molar-refractivity contribution in [3.63, 3.8) is 0 Å². The first-order chi connectivity index (χ1) is 8.04. The van der Waals surface area contributed by atoms with Crippen LogP contribution in [-0.4, -0.2) is 35.1 Å². The first-order valence-corrected chi connectivity index (χ1v) is 6.24. The average Bonchev–Trinajstić information content (AvgIpc) is 2.77.